The van der Waals surface area contributed by atoms with Crippen molar-refractivity contribution in [3.8, 4) is 0 Å². The number of aliphatic hydroxyl groups is 4. The molecule has 29 heavy (non-hydrogen) atoms. The summed E-state index contributed by atoms with van der Waals surface area (Å²) >= 11 is 0. The van der Waals surface area contributed by atoms with E-state index in [1.54, 1.807) is 0 Å². The van der Waals surface area contributed by atoms with Gasteiger partial charge in [-0.2, -0.15) is 0 Å². The number of carboxylic acid groups (broad SMARTS) is 2. The van der Waals surface area contributed by atoms with E-state index in [0.717, 1.165) is 25.7 Å². The van der Waals surface area contributed by atoms with Crippen LogP contribution in [0.5, 0.6) is 0 Å². The Bertz CT molecular complexity index is 528. The van der Waals surface area contributed by atoms with Crippen molar-refractivity contribution in [3.05, 3.63) is 0 Å². The number of ether oxygens (including phenoxy) is 1. The van der Waals surface area contributed by atoms with Crippen LogP contribution in [-0.4, -0.2) is 80.9 Å². The van der Waals surface area contributed by atoms with E-state index in [1.807, 2.05) is 0 Å². The van der Waals surface area contributed by atoms with E-state index in [4.69, 9.17) is 30.6 Å². The summed E-state index contributed by atoms with van der Waals surface area (Å²) < 4.78 is 4.53. The maximum absolute atomic E-state index is 11.0. The highest BCUT2D eigenvalue weighted by Gasteiger charge is 2.44. The third kappa shape index (κ3) is 7.35. The summed E-state index contributed by atoms with van der Waals surface area (Å²) in [7, 11) is 0. The van der Waals surface area contributed by atoms with Crippen LogP contribution in [0.25, 0.3) is 0 Å². The van der Waals surface area contributed by atoms with Crippen LogP contribution < -0.4 is 0 Å². The maximum Gasteiger partial charge on any atom is 0.317 e. The molecule has 2 rings (SSSR count). The van der Waals surface area contributed by atoms with E-state index >= 15 is 0 Å². The number of esters is 2. The number of fused-ring (bicyclic) bond motifs is 1. The number of carbonyl (C=O) groups is 4. The van der Waals surface area contributed by atoms with Gasteiger partial charge in [0.25, 0.3) is 0 Å². The van der Waals surface area contributed by atoms with Crippen molar-refractivity contribution in [2.24, 2.45) is 22.7 Å². The maximum atomic E-state index is 11.0. The predicted molar refractivity (Wildman–Crippen MR) is 96.4 cm³/mol. The molecule has 1 aliphatic heterocycles. The van der Waals surface area contributed by atoms with Gasteiger partial charge in [0.1, 0.15) is 10.8 Å². The number of carbonyl (C=O) groups excluding carboxylic acids is 2. The quantitative estimate of drug-likeness (QED) is 0.226. The molecule has 0 amide bonds. The van der Waals surface area contributed by atoms with E-state index in [2.05, 4.69) is 4.74 Å². The van der Waals surface area contributed by atoms with Crippen molar-refractivity contribution in [1.82, 2.24) is 0 Å². The van der Waals surface area contributed by atoms with Crippen molar-refractivity contribution in [3.63, 3.8) is 0 Å². The normalized spacial score (nSPS) is 21.0. The first-order valence-corrected chi connectivity index (χ1v) is 9.08. The summed E-state index contributed by atoms with van der Waals surface area (Å²) in [5, 5.41) is 50.3. The summed E-state index contributed by atoms with van der Waals surface area (Å²) in [4.78, 5) is 42.3. The lowest BCUT2D eigenvalue weighted by Gasteiger charge is -2.18. The first-order valence-electron chi connectivity index (χ1n) is 9.08. The van der Waals surface area contributed by atoms with Crippen LogP contribution in [0, 0.1) is 22.7 Å². The topological polar surface area (TPSA) is 199 Å². The summed E-state index contributed by atoms with van der Waals surface area (Å²) in [6, 6.07) is 0. The molecule has 0 radical (unpaired) electrons. The molecule has 11 heteroatoms. The van der Waals surface area contributed by atoms with Gasteiger partial charge < -0.3 is 35.4 Å². The fourth-order valence-electron chi connectivity index (χ4n) is 2.32. The van der Waals surface area contributed by atoms with Crippen molar-refractivity contribution < 1.29 is 54.6 Å². The van der Waals surface area contributed by atoms with E-state index in [9.17, 15) is 19.2 Å². The molecule has 0 spiro atoms. The number of aliphatic carboxylic acids is 2. The molecule has 168 valence electrons. The number of rotatable bonds is 6. The molecule has 2 unspecified atom stereocenters. The smallest absolute Gasteiger partial charge is 0.317 e. The van der Waals surface area contributed by atoms with Crippen molar-refractivity contribution in [2.45, 2.75) is 39.5 Å². The van der Waals surface area contributed by atoms with Gasteiger partial charge in [-0.05, 0) is 26.7 Å². The second-order valence-corrected chi connectivity index (χ2v) is 7.60. The number of cyclic esters (lactones) is 2. The molecule has 1 aliphatic carbocycles. The average molecular weight is 422 g/mol. The largest absolute Gasteiger partial charge is 0.481 e. The molecule has 2 atom stereocenters. The molecule has 0 aromatic carbocycles. The molecule has 11 nitrogen and oxygen atoms in total. The lowest BCUT2D eigenvalue weighted by molar-refractivity contribution is -0.155. The van der Waals surface area contributed by atoms with Gasteiger partial charge in [-0.25, -0.2) is 0 Å². The second-order valence-electron chi connectivity index (χ2n) is 7.60. The summed E-state index contributed by atoms with van der Waals surface area (Å²) in [5.74, 6) is -3.16. The Balaban J connectivity index is 0.000000411. The third-order valence-corrected chi connectivity index (χ3v) is 5.00. The molecule has 1 saturated carbocycles. The van der Waals surface area contributed by atoms with E-state index in [0.29, 0.717) is 0 Å². The zero-order valence-corrected chi connectivity index (χ0v) is 16.5. The fraction of sp³-hybridized carbons (Fsp3) is 0.778. The van der Waals surface area contributed by atoms with Gasteiger partial charge in [-0.15, -0.1) is 0 Å². The number of hydrogen-bond acceptors (Lipinski definition) is 9. The average Bonchev–Trinajstić information content (AvgIpc) is 3.01. The van der Waals surface area contributed by atoms with Crippen molar-refractivity contribution >= 4 is 23.9 Å². The summed E-state index contributed by atoms with van der Waals surface area (Å²) in [6.07, 6.45) is 3.80. The minimum absolute atomic E-state index is 0.101. The molecule has 2 fully saturated rings. The summed E-state index contributed by atoms with van der Waals surface area (Å²) in [5.41, 5.74) is -2.78. The van der Waals surface area contributed by atoms with Gasteiger partial charge in [-0.1, -0.05) is 12.8 Å². The van der Waals surface area contributed by atoms with Crippen LogP contribution in [0.2, 0.25) is 0 Å². The van der Waals surface area contributed by atoms with Crippen LogP contribution in [0.15, 0.2) is 0 Å². The molecular formula is C18H30O11. The second kappa shape index (κ2) is 11.8. The SMILES string of the molecule is CC(CO)(CO)C(=O)O.CC(CO)(CO)C(=O)O.O=C1OC(=O)C2CCCCC12. The highest BCUT2D eigenvalue weighted by atomic mass is 16.6. The summed E-state index contributed by atoms with van der Waals surface area (Å²) in [6.45, 7) is 0.375. The van der Waals surface area contributed by atoms with E-state index in [1.165, 1.54) is 13.8 Å². The highest BCUT2D eigenvalue weighted by molar-refractivity contribution is 5.96. The number of carboxylic acids is 2. The molecular weight excluding hydrogens is 392 g/mol. The molecule has 1 saturated heterocycles. The minimum Gasteiger partial charge on any atom is -0.481 e. The number of hydrogen-bond donors (Lipinski definition) is 6. The standard InChI is InChI=1S/C8H10O3.2C5H10O4/c9-7-5-3-1-2-4-6(5)8(10)11-7;2*1-5(2-6,3-7)4(8)9/h5-6H,1-4H2;2*6-7H,2-3H2,1H3,(H,8,9). The minimum atomic E-state index is -1.39. The van der Waals surface area contributed by atoms with E-state index < -0.39 is 49.2 Å². The lowest BCUT2D eigenvalue weighted by atomic mass is 9.81. The number of aliphatic hydroxyl groups excluding tert-OH is 4. The Hall–Kier alpha value is -2.08. The predicted octanol–water partition coefficient (Wildman–Crippen LogP) is -1.000. The van der Waals surface area contributed by atoms with Gasteiger partial charge in [0.15, 0.2) is 0 Å². The van der Waals surface area contributed by atoms with Gasteiger partial charge >= 0.3 is 23.9 Å². The van der Waals surface area contributed by atoms with Crippen molar-refractivity contribution in [1.29, 1.82) is 0 Å². The third-order valence-electron chi connectivity index (χ3n) is 5.00. The molecule has 2 aliphatic rings. The lowest BCUT2D eigenvalue weighted by Crippen LogP contribution is -2.35. The fourth-order valence-corrected chi connectivity index (χ4v) is 2.32. The van der Waals surface area contributed by atoms with Gasteiger partial charge in [0.2, 0.25) is 0 Å². The van der Waals surface area contributed by atoms with Crippen LogP contribution in [-0.2, 0) is 23.9 Å². The Morgan fingerprint density at radius 2 is 1.07 bits per heavy atom. The molecule has 0 aromatic rings. The highest BCUT2D eigenvalue weighted by Crippen LogP contribution is 2.36. The van der Waals surface area contributed by atoms with Crippen LogP contribution in [0.3, 0.4) is 0 Å². The Morgan fingerprint density at radius 3 is 1.24 bits per heavy atom. The monoisotopic (exact) mass is 422 g/mol. The molecule has 0 bridgehead atoms. The first kappa shape index (κ1) is 26.9. The molecule has 1 heterocycles. The van der Waals surface area contributed by atoms with Gasteiger partial charge in [0.05, 0.1) is 38.3 Å². The van der Waals surface area contributed by atoms with Crippen LogP contribution in [0.1, 0.15) is 39.5 Å². The molecule has 6 N–H and O–H groups in total. The Kier molecular flexibility index (Phi) is 11.0. The van der Waals surface area contributed by atoms with Crippen molar-refractivity contribution in [2.75, 3.05) is 26.4 Å². The van der Waals surface area contributed by atoms with Gasteiger partial charge in [0, 0.05) is 0 Å². The van der Waals surface area contributed by atoms with Gasteiger partial charge in [-0.3, -0.25) is 19.2 Å². The molecule has 0 aromatic heterocycles. The van der Waals surface area contributed by atoms with Crippen LogP contribution >= 0.6 is 0 Å². The first-order chi connectivity index (χ1) is 13.4. The zero-order chi connectivity index (χ0) is 22.8. The van der Waals surface area contributed by atoms with Crippen LogP contribution in [0.4, 0.5) is 0 Å². The Morgan fingerprint density at radius 1 is 0.793 bits per heavy atom. The van der Waals surface area contributed by atoms with E-state index in [-0.39, 0.29) is 23.8 Å². The Labute approximate surface area is 167 Å². The zero-order valence-electron chi connectivity index (χ0n) is 16.5.